The lowest BCUT2D eigenvalue weighted by molar-refractivity contribution is -0.114. The average molecular weight is 439 g/mol. The van der Waals surface area contributed by atoms with Crippen LogP contribution < -0.4 is 9.62 Å². The summed E-state index contributed by atoms with van der Waals surface area (Å²) in [7, 11) is -4.05. The first kappa shape index (κ1) is 22.0. The molecule has 3 aromatic carbocycles. The van der Waals surface area contributed by atoms with Crippen LogP contribution in [0.1, 0.15) is 21.5 Å². The van der Waals surface area contributed by atoms with Gasteiger partial charge in [0.15, 0.2) is 0 Å². The van der Waals surface area contributed by atoms with Crippen LogP contribution in [0.5, 0.6) is 0 Å². The molecule has 0 aliphatic heterocycles. The lowest BCUT2D eigenvalue weighted by atomic mass is 10.1. The van der Waals surface area contributed by atoms with Crippen LogP contribution in [0.15, 0.2) is 77.7 Å². The van der Waals surface area contributed by atoms with E-state index in [1.807, 2.05) is 13.0 Å². The van der Waals surface area contributed by atoms with Crippen molar-refractivity contribution in [3.8, 4) is 0 Å². The highest BCUT2D eigenvalue weighted by Crippen LogP contribution is 2.28. The summed E-state index contributed by atoms with van der Waals surface area (Å²) in [5.41, 5.74) is 1.91. The minimum atomic E-state index is -4.05. The Morgan fingerprint density at radius 3 is 2.26 bits per heavy atom. The number of hydrogen-bond acceptors (Lipinski definition) is 4. The van der Waals surface area contributed by atoms with Crippen molar-refractivity contribution < 1.29 is 23.1 Å². The molecule has 8 heteroatoms. The molecule has 1 amide bonds. The van der Waals surface area contributed by atoms with Crippen molar-refractivity contribution >= 4 is 33.3 Å². The molecule has 0 unspecified atom stereocenters. The second kappa shape index (κ2) is 9.01. The van der Waals surface area contributed by atoms with Gasteiger partial charge in [-0.3, -0.25) is 9.10 Å². The van der Waals surface area contributed by atoms with Gasteiger partial charge in [0.1, 0.15) is 6.54 Å². The molecule has 31 heavy (non-hydrogen) atoms. The molecule has 3 aromatic rings. The Morgan fingerprint density at radius 1 is 0.935 bits per heavy atom. The van der Waals surface area contributed by atoms with Crippen molar-refractivity contribution in [2.24, 2.45) is 0 Å². The van der Waals surface area contributed by atoms with Crippen molar-refractivity contribution in [2.75, 3.05) is 16.2 Å². The third kappa shape index (κ3) is 4.92. The maximum atomic E-state index is 13.4. The van der Waals surface area contributed by atoms with Gasteiger partial charge in [-0.25, -0.2) is 13.2 Å². The topological polar surface area (TPSA) is 104 Å². The summed E-state index contributed by atoms with van der Waals surface area (Å²) in [6.07, 6.45) is 0. The molecule has 0 atom stereocenters. The van der Waals surface area contributed by atoms with Crippen molar-refractivity contribution in [1.29, 1.82) is 0 Å². The van der Waals surface area contributed by atoms with Gasteiger partial charge in [0.2, 0.25) is 5.91 Å². The molecule has 7 nitrogen and oxygen atoms in total. The molecule has 0 aliphatic carbocycles. The van der Waals surface area contributed by atoms with Gasteiger partial charge in [0.05, 0.1) is 21.8 Å². The van der Waals surface area contributed by atoms with Gasteiger partial charge in [0.25, 0.3) is 10.0 Å². The zero-order valence-corrected chi connectivity index (χ0v) is 17.9. The second-order valence-electron chi connectivity index (χ2n) is 7.01. The van der Waals surface area contributed by atoms with Crippen molar-refractivity contribution in [1.82, 2.24) is 0 Å². The second-order valence-corrected chi connectivity index (χ2v) is 8.88. The number of amides is 1. The first-order chi connectivity index (χ1) is 14.7. The van der Waals surface area contributed by atoms with Crippen LogP contribution in [0.4, 0.5) is 11.4 Å². The van der Waals surface area contributed by atoms with Gasteiger partial charge in [-0.15, -0.1) is 0 Å². The average Bonchev–Trinajstić information content (AvgIpc) is 2.74. The van der Waals surface area contributed by atoms with E-state index in [0.29, 0.717) is 11.3 Å². The maximum absolute atomic E-state index is 13.4. The molecule has 0 aliphatic rings. The monoisotopic (exact) mass is 438 g/mol. The summed E-state index contributed by atoms with van der Waals surface area (Å²) >= 11 is 0. The van der Waals surface area contributed by atoms with E-state index in [4.69, 9.17) is 0 Å². The van der Waals surface area contributed by atoms with Crippen LogP contribution in [0.25, 0.3) is 0 Å². The van der Waals surface area contributed by atoms with E-state index in [0.717, 1.165) is 9.87 Å². The molecule has 0 heterocycles. The lowest BCUT2D eigenvalue weighted by Gasteiger charge is -2.26. The summed E-state index contributed by atoms with van der Waals surface area (Å²) < 4.78 is 27.9. The molecular formula is C23H22N2O5S. The first-order valence-electron chi connectivity index (χ1n) is 9.47. The normalized spacial score (nSPS) is 11.0. The number of nitrogens with zero attached hydrogens (tertiary/aromatic N) is 1. The van der Waals surface area contributed by atoms with Crippen LogP contribution in [-0.4, -0.2) is 31.9 Å². The molecule has 0 saturated heterocycles. The minimum Gasteiger partial charge on any atom is -0.478 e. The molecule has 0 spiro atoms. The Bertz CT molecular complexity index is 1220. The van der Waals surface area contributed by atoms with Gasteiger partial charge in [0, 0.05) is 0 Å². The quantitative estimate of drug-likeness (QED) is 0.583. The number of anilines is 2. The summed E-state index contributed by atoms with van der Waals surface area (Å²) in [5.74, 6) is -1.85. The van der Waals surface area contributed by atoms with E-state index in [1.165, 1.54) is 24.3 Å². The number of hydrogen-bond donors (Lipinski definition) is 2. The summed E-state index contributed by atoms with van der Waals surface area (Å²) in [6.45, 7) is 3.08. The molecule has 0 bridgehead atoms. The number of carboxylic acid groups (broad SMARTS) is 1. The van der Waals surface area contributed by atoms with Gasteiger partial charge in [-0.1, -0.05) is 42.5 Å². The molecule has 3 rings (SSSR count). The Labute approximate surface area is 181 Å². The van der Waals surface area contributed by atoms with E-state index in [2.05, 4.69) is 5.32 Å². The molecule has 0 radical (unpaired) electrons. The van der Waals surface area contributed by atoms with E-state index in [9.17, 15) is 23.1 Å². The molecule has 160 valence electrons. The fourth-order valence-corrected chi connectivity index (χ4v) is 4.60. The van der Waals surface area contributed by atoms with Gasteiger partial charge >= 0.3 is 5.97 Å². The van der Waals surface area contributed by atoms with E-state index >= 15 is 0 Å². The zero-order valence-electron chi connectivity index (χ0n) is 17.1. The zero-order chi connectivity index (χ0) is 22.6. The van der Waals surface area contributed by atoms with E-state index in [-0.39, 0.29) is 16.1 Å². The third-order valence-electron chi connectivity index (χ3n) is 4.68. The van der Waals surface area contributed by atoms with E-state index < -0.39 is 28.4 Å². The lowest BCUT2D eigenvalue weighted by Crippen LogP contribution is -2.38. The number of rotatable bonds is 7. The van der Waals surface area contributed by atoms with E-state index in [1.54, 1.807) is 49.4 Å². The Hall–Kier alpha value is -3.65. The molecular weight excluding hydrogens is 416 g/mol. The molecule has 2 N–H and O–H groups in total. The number of carbonyl (C=O) groups excluding carboxylic acids is 1. The van der Waals surface area contributed by atoms with Crippen molar-refractivity contribution in [3.05, 3.63) is 89.5 Å². The largest absolute Gasteiger partial charge is 0.478 e. The Morgan fingerprint density at radius 2 is 1.58 bits per heavy atom. The number of benzene rings is 3. The summed E-state index contributed by atoms with van der Waals surface area (Å²) in [4.78, 5) is 24.3. The maximum Gasteiger partial charge on any atom is 0.337 e. The third-order valence-corrected chi connectivity index (χ3v) is 6.46. The molecule has 0 fully saturated rings. The predicted octanol–water partition coefficient (Wildman–Crippen LogP) is 3.84. The Balaban J connectivity index is 2.01. The fraction of sp³-hybridized carbons (Fsp3) is 0.130. The molecule has 0 aromatic heterocycles. The molecule has 0 saturated carbocycles. The van der Waals surface area contributed by atoms with Crippen molar-refractivity contribution in [2.45, 2.75) is 18.7 Å². The number of sulfonamides is 1. The SMILES string of the molecule is Cc1ccc(C)c(N(CC(=O)Nc2ccccc2C(=O)O)S(=O)(=O)c2ccccc2)c1. The highest BCUT2D eigenvalue weighted by atomic mass is 32.2. The standard InChI is InChI=1S/C23H22N2O5S/c1-16-12-13-17(2)21(14-16)25(31(29,30)18-8-4-3-5-9-18)15-22(26)24-20-11-7-6-10-19(20)23(27)28/h3-14H,15H2,1-2H3,(H,24,26)(H,27,28). The van der Waals surface area contributed by atoms with Crippen LogP contribution in [0.2, 0.25) is 0 Å². The summed E-state index contributed by atoms with van der Waals surface area (Å²) in [6, 6.07) is 19.1. The Kier molecular flexibility index (Phi) is 6.41. The minimum absolute atomic E-state index is 0.0506. The smallest absolute Gasteiger partial charge is 0.337 e. The van der Waals surface area contributed by atoms with Gasteiger partial charge in [-0.05, 0) is 55.3 Å². The van der Waals surface area contributed by atoms with Gasteiger partial charge in [-0.2, -0.15) is 0 Å². The predicted molar refractivity (Wildman–Crippen MR) is 119 cm³/mol. The van der Waals surface area contributed by atoms with Crippen LogP contribution >= 0.6 is 0 Å². The number of nitrogens with one attached hydrogen (secondary N) is 1. The number of carbonyl (C=O) groups is 2. The number of carboxylic acids is 1. The van der Waals surface area contributed by atoms with Crippen LogP contribution in [0, 0.1) is 13.8 Å². The number of aryl methyl sites for hydroxylation is 2. The van der Waals surface area contributed by atoms with Crippen LogP contribution in [0.3, 0.4) is 0 Å². The highest BCUT2D eigenvalue weighted by molar-refractivity contribution is 7.92. The number of para-hydroxylation sites is 1. The first-order valence-corrected chi connectivity index (χ1v) is 10.9. The van der Waals surface area contributed by atoms with Crippen molar-refractivity contribution in [3.63, 3.8) is 0 Å². The fourth-order valence-electron chi connectivity index (χ4n) is 3.11. The summed E-state index contributed by atoms with van der Waals surface area (Å²) in [5, 5.41) is 11.8. The van der Waals surface area contributed by atoms with Crippen LogP contribution in [-0.2, 0) is 14.8 Å². The van der Waals surface area contributed by atoms with Gasteiger partial charge < -0.3 is 10.4 Å². The number of aromatic carboxylic acids is 1. The highest BCUT2D eigenvalue weighted by Gasteiger charge is 2.28.